The maximum atomic E-state index is 2.52. The van der Waals surface area contributed by atoms with Gasteiger partial charge in [0.15, 0.2) is 0 Å². The van der Waals surface area contributed by atoms with E-state index in [4.69, 9.17) is 0 Å². The van der Waals surface area contributed by atoms with Gasteiger partial charge >= 0.3 is 0 Å². The van der Waals surface area contributed by atoms with E-state index in [1.165, 1.54) is 99.1 Å². The zero-order valence-electron chi connectivity index (χ0n) is 27.9. The highest BCUT2D eigenvalue weighted by Gasteiger charge is 2.41. The molecule has 0 heterocycles. The molecule has 0 heteroatoms. The maximum absolute atomic E-state index is 2.52. The monoisotopic (exact) mass is 612 g/mol. The van der Waals surface area contributed by atoms with E-state index in [9.17, 15) is 0 Å². The topological polar surface area (TPSA) is 0 Å². The predicted octanol–water partition coefficient (Wildman–Crippen LogP) is 13.1. The van der Waals surface area contributed by atoms with Crippen LogP contribution >= 0.6 is 0 Å². The van der Waals surface area contributed by atoms with Crippen molar-refractivity contribution in [1.82, 2.24) is 0 Å². The standard InChI is InChI=1S/C48H36/c1-47(2)41-23-12-11-17-32(41)39-27-44-40(28-43(39)47)33-25-24-30(26-42(33)48(44,3)4)45-35-18-7-9-20-37(35)46(38-21-10-8-19-36(38)45)34-22-13-15-29-14-5-6-16-31(29)34/h5-28H,1-4H3. The number of fused-ring (bicyclic) bond motifs is 9. The highest BCUT2D eigenvalue weighted by molar-refractivity contribution is 6.23. The van der Waals surface area contributed by atoms with E-state index >= 15 is 0 Å². The van der Waals surface area contributed by atoms with Gasteiger partial charge in [-0.15, -0.1) is 0 Å². The normalized spacial score (nSPS) is 15.0. The van der Waals surface area contributed by atoms with Crippen molar-refractivity contribution in [2.45, 2.75) is 38.5 Å². The van der Waals surface area contributed by atoms with Gasteiger partial charge in [-0.3, -0.25) is 0 Å². The van der Waals surface area contributed by atoms with Gasteiger partial charge in [0.25, 0.3) is 0 Å². The van der Waals surface area contributed by atoms with Crippen LogP contribution in [0.1, 0.15) is 49.9 Å². The molecule has 0 aliphatic heterocycles. The lowest BCUT2D eigenvalue weighted by Gasteiger charge is -2.24. The Hall–Kier alpha value is -5.46. The van der Waals surface area contributed by atoms with E-state index in [1.54, 1.807) is 0 Å². The van der Waals surface area contributed by atoms with Gasteiger partial charge in [0.1, 0.15) is 0 Å². The van der Waals surface area contributed by atoms with Gasteiger partial charge in [0, 0.05) is 10.8 Å². The minimum atomic E-state index is -0.119. The van der Waals surface area contributed by atoms with Crippen molar-refractivity contribution >= 4 is 32.3 Å². The summed E-state index contributed by atoms with van der Waals surface area (Å²) >= 11 is 0. The van der Waals surface area contributed by atoms with E-state index < -0.39 is 0 Å². The highest BCUT2D eigenvalue weighted by Crippen LogP contribution is 2.57. The molecule has 0 amide bonds. The first kappa shape index (κ1) is 27.6. The van der Waals surface area contributed by atoms with Crippen LogP contribution in [0.25, 0.3) is 76.8 Å². The van der Waals surface area contributed by atoms with Gasteiger partial charge in [0.2, 0.25) is 0 Å². The molecule has 0 spiro atoms. The second-order valence-corrected chi connectivity index (χ2v) is 14.9. The molecule has 0 N–H and O–H groups in total. The van der Waals surface area contributed by atoms with Crippen molar-refractivity contribution in [2.24, 2.45) is 0 Å². The molecule has 0 nitrogen and oxygen atoms in total. The first-order chi connectivity index (χ1) is 23.3. The third kappa shape index (κ3) is 3.55. The summed E-state index contributed by atoms with van der Waals surface area (Å²) in [4.78, 5) is 0. The zero-order chi connectivity index (χ0) is 32.4. The SMILES string of the molecule is CC1(C)c2ccccc2-c2cc3c(cc21)-c1ccc(-c2c4ccccc4c(-c4cccc5ccccc45)c4ccccc24)cc1C3(C)C. The van der Waals surface area contributed by atoms with Gasteiger partial charge < -0.3 is 0 Å². The fraction of sp³-hybridized carbons (Fsp3) is 0.125. The molecule has 8 aromatic carbocycles. The number of hydrogen-bond acceptors (Lipinski definition) is 0. The van der Waals surface area contributed by atoms with Gasteiger partial charge in [-0.2, -0.15) is 0 Å². The van der Waals surface area contributed by atoms with E-state index in [1.807, 2.05) is 0 Å². The summed E-state index contributed by atoms with van der Waals surface area (Å²) in [6.45, 7) is 9.60. The molecule has 0 bridgehead atoms. The zero-order valence-corrected chi connectivity index (χ0v) is 27.9. The van der Waals surface area contributed by atoms with Crippen molar-refractivity contribution in [3.63, 3.8) is 0 Å². The molecule has 8 aromatic rings. The van der Waals surface area contributed by atoms with Crippen LogP contribution in [0.4, 0.5) is 0 Å². The van der Waals surface area contributed by atoms with E-state index in [-0.39, 0.29) is 10.8 Å². The van der Waals surface area contributed by atoms with Crippen molar-refractivity contribution in [1.29, 1.82) is 0 Å². The molecule has 0 fully saturated rings. The number of hydrogen-bond donors (Lipinski definition) is 0. The third-order valence-electron chi connectivity index (χ3n) is 11.7. The van der Waals surface area contributed by atoms with Crippen LogP contribution < -0.4 is 0 Å². The van der Waals surface area contributed by atoms with E-state index in [0.29, 0.717) is 0 Å². The molecule has 0 radical (unpaired) electrons. The second kappa shape index (κ2) is 9.55. The van der Waals surface area contributed by atoms with Gasteiger partial charge in [0.05, 0.1) is 0 Å². The Labute approximate surface area is 282 Å². The molecule has 0 saturated heterocycles. The van der Waals surface area contributed by atoms with Crippen molar-refractivity contribution in [3.8, 4) is 44.5 Å². The molecule has 2 aliphatic carbocycles. The largest absolute Gasteiger partial charge is 0.0619 e. The Bertz CT molecular complexity index is 2600. The average molecular weight is 613 g/mol. The molecule has 0 unspecified atom stereocenters. The Morgan fingerprint density at radius 3 is 1.44 bits per heavy atom. The van der Waals surface area contributed by atoms with Crippen LogP contribution in [0.2, 0.25) is 0 Å². The first-order valence-corrected chi connectivity index (χ1v) is 17.2. The molecule has 2 aliphatic rings. The Balaban J connectivity index is 1.22. The molecular formula is C48H36. The first-order valence-electron chi connectivity index (χ1n) is 17.2. The summed E-state index contributed by atoms with van der Waals surface area (Å²) in [6, 6.07) is 54.8. The fourth-order valence-corrected chi connectivity index (χ4v) is 9.26. The number of rotatable bonds is 2. The van der Waals surface area contributed by atoms with Gasteiger partial charge in [-0.05, 0) is 117 Å². The summed E-state index contributed by atoms with van der Waals surface area (Å²) in [6.07, 6.45) is 0. The minimum absolute atomic E-state index is 0.0164. The smallest absolute Gasteiger partial charge is 0.0159 e. The Morgan fingerprint density at radius 1 is 0.312 bits per heavy atom. The molecule has 10 rings (SSSR count). The van der Waals surface area contributed by atoms with Gasteiger partial charge in [-0.25, -0.2) is 0 Å². The summed E-state index contributed by atoms with van der Waals surface area (Å²) in [7, 11) is 0. The van der Waals surface area contributed by atoms with Crippen molar-refractivity contribution in [2.75, 3.05) is 0 Å². The second-order valence-electron chi connectivity index (χ2n) is 14.9. The third-order valence-corrected chi connectivity index (χ3v) is 11.7. The van der Waals surface area contributed by atoms with Crippen molar-refractivity contribution in [3.05, 3.63) is 168 Å². The number of benzene rings is 8. The minimum Gasteiger partial charge on any atom is -0.0619 e. The lowest BCUT2D eigenvalue weighted by atomic mass is 9.78. The highest BCUT2D eigenvalue weighted by atomic mass is 14.4. The van der Waals surface area contributed by atoms with Crippen LogP contribution in [-0.2, 0) is 10.8 Å². The van der Waals surface area contributed by atoms with Crippen LogP contribution in [0.15, 0.2) is 146 Å². The lowest BCUT2D eigenvalue weighted by molar-refractivity contribution is 0.652. The summed E-state index contributed by atoms with van der Waals surface area (Å²) in [5, 5.41) is 7.74. The van der Waals surface area contributed by atoms with Crippen LogP contribution in [-0.4, -0.2) is 0 Å². The molecule has 228 valence electrons. The Morgan fingerprint density at radius 2 is 0.771 bits per heavy atom. The quantitative estimate of drug-likeness (QED) is 0.170. The van der Waals surface area contributed by atoms with Gasteiger partial charge in [-0.1, -0.05) is 155 Å². The van der Waals surface area contributed by atoms with Crippen LogP contribution in [0.5, 0.6) is 0 Å². The summed E-state index contributed by atoms with van der Waals surface area (Å²) < 4.78 is 0. The summed E-state index contributed by atoms with van der Waals surface area (Å²) in [5.74, 6) is 0. The lowest BCUT2D eigenvalue weighted by Crippen LogP contribution is -2.17. The van der Waals surface area contributed by atoms with E-state index in [0.717, 1.165) is 0 Å². The fourth-order valence-electron chi connectivity index (χ4n) is 9.26. The van der Waals surface area contributed by atoms with Crippen LogP contribution in [0, 0.1) is 0 Å². The Kier molecular flexibility index (Phi) is 5.50. The molecule has 0 atom stereocenters. The molecular weight excluding hydrogens is 577 g/mol. The molecule has 48 heavy (non-hydrogen) atoms. The van der Waals surface area contributed by atoms with Crippen molar-refractivity contribution < 1.29 is 0 Å². The maximum Gasteiger partial charge on any atom is 0.0159 e. The molecule has 0 aromatic heterocycles. The van der Waals surface area contributed by atoms with Crippen LogP contribution in [0.3, 0.4) is 0 Å². The molecule has 0 saturated carbocycles. The summed E-state index contributed by atoms with van der Waals surface area (Å²) in [5.41, 5.74) is 16.3. The predicted molar refractivity (Wildman–Crippen MR) is 205 cm³/mol. The average Bonchev–Trinajstić information content (AvgIpc) is 3.48. The van der Waals surface area contributed by atoms with E-state index in [2.05, 4.69) is 173 Å².